The quantitative estimate of drug-likeness (QED) is 0.767. The van der Waals surface area contributed by atoms with Crippen LogP contribution in [0.5, 0.6) is 0 Å². The normalized spacial score (nSPS) is 16.7. The average Bonchev–Trinajstić information content (AvgIpc) is 2.74. The van der Waals surface area contributed by atoms with E-state index in [2.05, 4.69) is 11.0 Å². The first-order valence-electron chi connectivity index (χ1n) is 9.73. The van der Waals surface area contributed by atoms with Crippen molar-refractivity contribution >= 4 is 17.5 Å². The van der Waals surface area contributed by atoms with Gasteiger partial charge in [-0.2, -0.15) is 0 Å². The molecule has 146 valence electrons. The molecule has 0 unspecified atom stereocenters. The Labute approximate surface area is 164 Å². The van der Waals surface area contributed by atoms with Gasteiger partial charge in [0, 0.05) is 45.0 Å². The topological polar surface area (TPSA) is 43.9 Å². The first kappa shape index (κ1) is 18.5. The second kappa shape index (κ2) is 8.00. The Morgan fingerprint density at radius 3 is 2.14 bits per heavy atom. The highest BCUT2D eigenvalue weighted by molar-refractivity contribution is 5.97. The van der Waals surface area contributed by atoms with Crippen LogP contribution in [-0.4, -0.2) is 54.3 Å². The minimum absolute atomic E-state index is 0.0707. The molecule has 0 aliphatic carbocycles. The second-order valence-electron chi connectivity index (χ2n) is 7.36. The zero-order chi connectivity index (χ0) is 19.5. The Morgan fingerprint density at radius 1 is 0.786 bits per heavy atom. The molecule has 2 amide bonds. The Morgan fingerprint density at radius 2 is 1.43 bits per heavy atom. The van der Waals surface area contributed by atoms with Gasteiger partial charge in [0.2, 0.25) is 11.8 Å². The number of halogens is 1. The van der Waals surface area contributed by atoms with Crippen LogP contribution < -0.4 is 4.90 Å². The van der Waals surface area contributed by atoms with E-state index < -0.39 is 0 Å². The smallest absolute Gasteiger partial charge is 0.232 e. The Kier molecular flexibility index (Phi) is 5.28. The predicted octanol–water partition coefficient (Wildman–Crippen LogP) is 2.45. The highest BCUT2D eigenvalue weighted by Crippen LogP contribution is 2.20. The average molecular weight is 381 g/mol. The third kappa shape index (κ3) is 4.01. The number of hydrogen-bond acceptors (Lipinski definition) is 3. The van der Waals surface area contributed by atoms with E-state index in [0.29, 0.717) is 39.3 Å². The van der Waals surface area contributed by atoms with Crippen molar-refractivity contribution in [2.24, 2.45) is 0 Å². The summed E-state index contributed by atoms with van der Waals surface area (Å²) in [6, 6.07) is 14.6. The molecule has 5 nitrogen and oxygen atoms in total. The zero-order valence-electron chi connectivity index (χ0n) is 15.8. The van der Waals surface area contributed by atoms with Crippen molar-refractivity contribution in [1.82, 2.24) is 9.80 Å². The molecule has 2 heterocycles. The molecule has 2 aromatic rings. The number of benzene rings is 2. The molecule has 0 spiro atoms. The van der Waals surface area contributed by atoms with Crippen molar-refractivity contribution in [2.75, 3.05) is 37.6 Å². The summed E-state index contributed by atoms with van der Waals surface area (Å²) in [5, 5.41) is 0. The maximum absolute atomic E-state index is 13.1. The third-order valence-corrected chi connectivity index (χ3v) is 5.61. The van der Waals surface area contributed by atoms with E-state index in [1.807, 2.05) is 18.2 Å². The second-order valence-corrected chi connectivity index (χ2v) is 7.36. The van der Waals surface area contributed by atoms with Crippen LogP contribution in [-0.2, 0) is 22.6 Å². The number of carbonyl (C=O) groups is 2. The fourth-order valence-electron chi connectivity index (χ4n) is 3.93. The van der Waals surface area contributed by atoms with E-state index in [9.17, 15) is 14.0 Å². The fourth-order valence-corrected chi connectivity index (χ4v) is 3.93. The lowest BCUT2D eigenvalue weighted by atomic mass is 10.00. The van der Waals surface area contributed by atoms with Crippen LogP contribution in [0.25, 0.3) is 0 Å². The van der Waals surface area contributed by atoms with Gasteiger partial charge in [-0.3, -0.25) is 9.59 Å². The molecule has 0 bridgehead atoms. The molecule has 0 aromatic heterocycles. The highest BCUT2D eigenvalue weighted by atomic mass is 19.1. The SMILES string of the molecule is O=C(CC(=O)N1CCc2ccccc2C1)N1CCN(c2ccc(F)cc2)CC1. The van der Waals surface area contributed by atoms with Crippen molar-refractivity contribution in [1.29, 1.82) is 0 Å². The molecule has 2 aliphatic heterocycles. The molecular formula is C22H24FN3O2. The van der Waals surface area contributed by atoms with Crippen LogP contribution in [0.1, 0.15) is 17.5 Å². The van der Waals surface area contributed by atoms with E-state index in [1.54, 1.807) is 21.9 Å². The Bertz CT molecular complexity index is 860. The van der Waals surface area contributed by atoms with E-state index in [1.165, 1.54) is 23.3 Å². The fraction of sp³-hybridized carbons (Fsp3) is 0.364. The Hall–Kier alpha value is -2.89. The van der Waals surface area contributed by atoms with Crippen molar-refractivity contribution in [3.63, 3.8) is 0 Å². The first-order chi connectivity index (χ1) is 13.6. The summed E-state index contributed by atoms with van der Waals surface area (Å²) in [6.45, 7) is 3.77. The number of carbonyl (C=O) groups excluding carboxylic acids is 2. The van der Waals surface area contributed by atoms with E-state index >= 15 is 0 Å². The lowest BCUT2D eigenvalue weighted by molar-refractivity contribution is -0.141. The summed E-state index contributed by atoms with van der Waals surface area (Å²) in [5.74, 6) is -0.459. The minimum Gasteiger partial charge on any atom is -0.368 e. The summed E-state index contributed by atoms with van der Waals surface area (Å²) in [4.78, 5) is 30.9. The van der Waals surface area contributed by atoms with Crippen molar-refractivity contribution in [3.8, 4) is 0 Å². The van der Waals surface area contributed by atoms with Crippen LogP contribution in [0, 0.1) is 5.82 Å². The maximum Gasteiger partial charge on any atom is 0.232 e. The molecular weight excluding hydrogens is 357 g/mol. The highest BCUT2D eigenvalue weighted by Gasteiger charge is 2.26. The molecule has 1 saturated heterocycles. The van der Waals surface area contributed by atoms with Gasteiger partial charge in [0.25, 0.3) is 0 Å². The monoisotopic (exact) mass is 381 g/mol. The van der Waals surface area contributed by atoms with Crippen LogP contribution in [0.3, 0.4) is 0 Å². The van der Waals surface area contributed by atoms with Crippen LogP contribution >= 0.6 is 0 Å². The Balaban J connectivity index is 1.29. The van der Waals surface area contributed by atoms with Gasteiger partial charge in [0.15, 0.2) is 0 Å². The molecule has 2 aromatic carbocycles. The van der Waals surface area contributed by atoms with E-state index in [-0.39, 0.29) is 24.1 Å². The molecule has 2 aliphatic rings. The minimum atomic E-state index is -0.253. The summed E-state index contributed by atoms with van der Waals surface area (Å²) in [7, 11) is 0. The lowest BCUT2D eigenvalue weighted by Crippen LogP contribution is -2.50. The predicted molar refractivity (Wildman–Crippen MR) is 105 cm³/mol. The molecule has 0 saturated carbocycles. The zero-order valence-corrected chi connectivity index (χ0v) is 15.8. The van der Waals surface area contributed by atoms with Gasteiger partial charge >= 0.3 is 0 Å². The van der Waals surface area contributed by atoms with Gasteiger partial charge < -0.3 is 14.7 Å². The van der Waals surface area contributed by atoms with Gasteiger partial charge in [-0.15, -0.1) is 0 Å². The molecule has 0 N–H and O–H groups in total. The largest absolute Gasteiger partial charge is 0.368 e. The van der Waals surface area contributed by atoms with Gasteiger partial charge in [0.05, 0.1) is 0 Å². The standard InChI is InChI=1S/C22H24FN3O2/c23-19-5-7-20(8-6-19)24-11-13-25(14-12-24)21(27)15-22(28)26-10-9-17-3-1-2-4-18(17)16-26/h1-8H,9-16H2. The number of fused-ring (bicyclic) bond motifs is 1. The summed E-state index contributed by atoms with van der Waals surface area (Å²) < 4.78 is 13.1. The van der Waals surface area contributed by atoms with Crippen LogP contribution in [0.15, 0.2) is 48.5 Å². The number of rotatable bonds is 3. The molecule has 1 fully saturated rings. The first-order valence-corrected chi connectivity index (χ1v) is 9.73. The van der Waals surface area contributed by atoms with Gasteiger partial charge in [-0.1, -0.05) is 24.3 Å². The summed E-state index contributed by atoms with van der Waals surface area (Å²) in [6.07, 6.45) is 0.769. The molecule has 4 rings (SSSR count). The molecule has 28 heavy (non-hydrogen) atoms. The van der Waals surface area contributed by atoms with Crippen LogP contribution in [0.2, 0.25) is 0 Å². The molecule has 0 radical (unpaired) electrons. The number of hydrogen-bond donors (Lipinski definition) is 0. The number of piperazine rings is 1. The number of nitrogens with zero attached hydrogens (tertiary/aromatic N) is 3. The van der Waals surface area contributed by atoms with Gasteiger partial charge in [0.1, 0.15) is 12.2 Å². The van der Waals surface area contributed by atoms with Crippen molar-refractivity contribution in [2.45, 2.75) is 19.4 Å². The summed E-state index contributed by atoms with van der Waals surface area (Å²) in [5.41, 5.74) is 3.41. The van der Waals surface area contributed by atoms with E-state index in [4.69, 9.17) is 0 Å². The van der Waals surface area contributed by atoms with Crippen molar-refractivity contribution in [3.05, 3.63) is 65.5 Å². The number of anilines is 1. The molecule has 0 atom stereocenters. The van der Waals surface area contributed by atoms with Crippen LogP contribution in [0.4, 0.5) is 10.1 Å². The van der Waals surface area contributed by atoms with Gasteiger partial charge in [-0.25, -0.2) is 4.39 Å². The van der Waals surface area contributed by atoms with Crippen molar-refractivity contribution < 1.29 is 14.0 Å². The van der Waals surface area contributed by atoms with Gasteiger partial charge in [-0.05, 0) is 41.8 Å². The summed E-state index contributed by atoms with van der Waals surface area (Å²) >= 11 is 0. The maximum atomic E-state index is 13.1. The number of amides is 2. The molecule has 6 heteroatoms. The van der Waals surface area contributed by atoms with E-state index in [0.717, 1.165) is 12.1 Å². The lowest BCUT2D eigenvalue weighted by Gasteiger charge is -2.36. The third-order valence-electron chi connectivity index (χ3n) is 5.61.